The number of nitrogens with two attached hydrogens (primary N) is 1. The van der Waals surface area contributed by atoms with Crippen LogP contribution in [0, 0.1) is 0 Å². The summed E-state index contributed by atoms with van der Waals surface area (Å²) in [6.07, 6.45) is 2.43. The molecule has 19 heavy (non-hydrogen) atoms. The molecule has 0 radical (unpaired) electrons. The van der Waals surface area contributed by atoms with Crippen LogP contribution >= 0.6 is 22.9 Å². The zero-order valence-electron chi connectivity index (χ0n) is 10.5. The van der Waals surface area contributed by atoms with Gasteiger partial charge in [0.2, 0.25) is 0 Å². The molecule has 1 aromatic carbocycles. The van der Waals surface area contributed by atoms with Crippen LogP contribution in [0.15, 0.2) is 35.8 Å². The molecule has 1 heterocycles. The first-order chi connectivity index (χ1) is 9.19. The number of rotatable bonds is 6. The van der Waals surface area contributed by atoms with Crippen LogP contribution in [0.3, 0.4) is 0 Å². The minimum absolute atomic E-state index is 0.00914. The van der Waals surface area contributed by atoms with E-state index in [2.05, 4.69) is 10.4 Å². The summed E-state index contributed by atoms with van der Waals surface area (Å²) in [6, 6.07) is 7.32. The fraction of sp³-hybridized carbons (Fsp3) is 0.308. The zero-order chi connectivity index (χ0) is 13.7. The average molecular weight is 298 g/mol. The molecule has 0 aliphatic rings. The maximum Gasteiger partial charge on any atom is 0.121 e. The van der Waals surface area contributed by atoms with E-state index in [0.29, 0.717) is 5.02 Å². The highest BCUT2D eigenvalue weighted by atomic mass is 35.5. The van der Waals surface area contributed by atoms with E-state index in [9.17, 15) is 0 Å². The highest BCUT2D eigenvalue weighted by molar-refractivity contribution is 7.09. The van der Waals surface area contributed by atoms with Crippen LogP contribution in [0.1, 0.15) is 11.9 Å². The Morgan fingerprint density at radius 3 is 3.00 bits per heavy atom. The first kappa shape index (κ1) is 14.3. The Bertz CT molecular complexity index is 506. The van der Waals surface area contributed by atoms with E-state index in [1.165, 1.54) is 0 Å². The van der Waals surface area contributed by atoms with Gasteiger partial charge in [-0.05, 0) is 25.1 Å². The number of ether oxygens (including phenoxy) is 1. The third-order valence-corrected chi connectivity index (χ3v) is 3.81. The van der Waals surface area contributed by atoms with Crippen molar-refractivity contribution in [3.05, 3.63) is 45.9 Å². The molecule has 0 fully saturated rings. The van der Waals surface area contributed by atoms with Gasteiger partial charge in [0.1, 0.15) is 11.9 Å². The largest absolute Gasteiger partial charge is 0.489 e. The number of nitrogens with one attached hydrogen (secondary N) is 1. The van der Waals surface area contributed by atoms with E-state index >= 15 is 0 Å². The standard InChI is InChI=1S/C13H16ClN3OS/c1-9(18-11-4-2-3-10(14)7-11)12(17-15)8-13-16-5-6-19-13/h2-7,9,12,17H,8,15H2,1H3. The highest BCUT2D eigenvalue weighted by Crippen LogP contribution is 2.20. The molecule has 4 nitrogen and oxygen atoms in total. The number of nitrogens with zero attached hydrogens (tertiary/aromatic N) is 1. The Morgan fingerprint density at radius 2 is 2.37 bits per heavy atom. The first-order valence-corrected chi connectivity index (χ1v) is 7.21. The van der Waals surface area contributed by atoms with Crippen molar-refractivity contribution in [1.82, 2.24) is 10.4 Å². The summed E-state index contributed by atoms with van der Waals surface area (Å²) in [7, 11) is 0. The lowest BCUT2D eigenvalue weighted by Crippen LogP contribution is -2.46. The SMILES string of the molecule is CC(Oc1cccc(Cl)c1)C(Cc1nccs1)NN. The van der Waals surface area contributed by atoms with E-state index in [0.717, 1.165) is 17.2 Å². The summed E-state index contributed by atoms with van der Waals surface area (Å²) in [6.45, 7) is 1.97. The molecule has 6 heteroatoms. The molecule has 2 atom stereocenters. The molecule has 2 unspecified atom stereocenters. The van der Waals surface area contributed by atoms with Gasteiger partial charge in [-0.1, -0.05) is 17.7 Å². The lowest BCUT2D eigenvalue weighted by Gasteiger charge is -2.23. The van der Waals surface area contributed by atoms with Crippen molar-refractivity contribution in [2.75, 3.05) is 0 Å². The maximum atomic E-state index is 5.93. The third kappa shape index (κ3) is 4.18. The number of halogens is 1. The molecule has 0 saturated heterocycles. The second kappa shape index (κ2) is 6.86. The predicted octanol–water partition coefficient (Wildman–Crippen LogP) is 2.64. The van der Waals surface area contributed by atoms with Crippen LogP contribution in [-0.4, -0.2) is 17.1 Å². The number of hydrazine groups is 1. The van der Waals surface area contributed by atoms with E-state index in [1.807, 2.05) is 30.5 Å². The molecule has 0 amide bonds. The van der Waals surface area contributed by atoms with E-state index in [1.54, 1.807) is 23.6 Å². The molecular formula is C13H16ClN3OS. The topological polar surface area (TPSA) is 60.2 Å². The molecule has 0 bridgehead atoms. The zero-order valence-corrected chi connectivity index (χ0v) is 12.1. The van der Waals surface area contributed by atoms with E-state index < -0.39 is 0 Å². The van der Waals surface area contributed by atoms with Crippen molar-refractivity contribution in [2.24, 2.45) is 5.84 Å². The van der Waals surface area contributed by atoms with Gasteiger partial charge in [0.05, 0.1) is 11.0 Å². The number of benzene rings is 1. The first-order valence-electron chi connectivity index (χ1n) is 5.95. The second-order valence-electron chi connectivity index (χ2n) is 4.18. The van der Waals surface area contributed by atoms with Gasteiger partial charge in [0.25, 0.3) is 0 Å². The lowest BCUT2D eigenvalue weighted by molar-refractivity contribution is 0.169. The van der Waals surface area contributed by atoms with Crippen molar-refractivity contribution in [3.63, 3.8) is 0 Å². The molecular weight excluding hydrogens is 282 g/mol. The number of hydrogen-bond acceptors (Lipinski definition) is 5. The third-order valence-electron chi connectivity index (χ3n) is 2.78. The Morgan fingerprint density at radius 1 is 1.53 bits per heavy atom. The van der Waals surface area contributed by atoms with Gasteiger partial charge in [-0.15, -0.1) is 11.3 Å². The minimum Gasteiger partial charge on any atom is -0.489 e. The molecule has 0 aliphatic heterocycles. The maximum absolute atomic E-state index is 5.93. The molecule has 0 spiro atoms. The van der Waals surface area contributed by atoms with Crippen LogP contribution in [0.25, 0.3) is 0 Å². The van der Waals surface area contributed by atoms with Crippen molar-refractivity contribution in [2.45, 2.75) is 25.5 Å². The van der Waals surface area contributed by atoms with Gasteiger partial charge in [0.15, 0.2) is 0 Å². The Balaban J connectivity index is 1.98. The summed E-state index contributed by atoms with van der Waals surface area (Å²) in [4.78, 5) is 4.25. The minimum atomic E-state index is -0.0904. The average Bonchev–Trinajstić information content (AvgIpc) is 2.88. The predicted molar refractivity (Wildman–Crippen MR) is 78.5 cm³/mol. The van der Waals surface area contributed by atoms with Crippen molar-refractivity contribution < 1.29 is 4.74 Å². The van der Waals surface area contributed by atoms with Gasteiger partial charge in [-0.2, -0.15) is 0 Å². The Hall–Kier alpha value is -1.14. The quantitative estimate of drug-likeness (QED) is 0.636. The summed E-state index contributed by atoms with van der Waals surface area (Å²) in [5.74, 6) is 6.33. The van der Waals surface area contributed by atoms with Gasteiger partial charge >= 0.3 is 0 Å². The monoisotopic (exact) mass is 297 g/mol. The summed E-state index contributed by atoms with van der Waals surface area (Å²) >= 11 is 7.54. The molecule has 2 rings (SSSR count). The highest BCUT2D eigenvalue weighted by Gasteiger charge is 2.19. The van der Waals surface area contributed by atoms with Gasteiger partial charge in [0, 0.05) is 23.0 Å². The van der Waals surface area contributed by atoms with Crippen molar-refractivity contribution >= 4 is 22.9 Å². The molecule has 102 valence electrons. The lowest BCUT2D eigenvalue weighted by atomic mass is 10.1. The fourth-order valence-corrected chi connectivity index (χ4v) is 2.60. The van der Waals surface area contributed by atoms with Gasteiger partial charge < -0.3 is 4.74 Å². The molecule has 1 aromatic heterocycles. The smallest absolute Gasteiger partial charge is 0.121 e. The number of thiazole rings is 1. The second-order valence-corrected chi connectivity index (χ2v) is 5.60. The van der Waals surface area contributed by atoms with Crippen molar-refractivity contribution in [3.8, 4) is 5.75 Å². The van der Waals surface area contributed by atoms with Gasteiger partial charge in [-0.3, -0.25) is 11.3 Å². The Kier molecular flexibility index (Phi) is 5.15. The molecule has 0 saturated carbocycles. The molecule has 2 aromatic rings. The van der Waals surface area contributed by atoms with Crippen LogP contribution in [0.5, 0.6) is 5.75 Å². The number of aromatic nitrogens is 1. The summed E-state index contributed by atoms with van der Waals surface area (Å²) < 4.78 is 5.85. The van der Waals surface area contributed by atoms with Crippen LogP contribution in [0.2, 0.25) is 5.02 Å². The van der Waals surface area contributed by atoms with E-state index in [4.69, 9.17) is 22.2 Å². The summed E-state index contributed by atoms with van der Waals surface area (Å²) in [5.41, 5.74) is 2.78. The van der Waals surface area contributed by atoms with Crippen LogP contribution in [0.4, 0.5) is 0 Å². The summed E-state index contributed by atoms with van der Waals surface area (Å²) in [5, 5.41) is 3.64. The van der Waals surface area contributed by atoms with Crippen LogP contribution in [-0.2, 0) is 6.42 Å². The van der Waals surface area contributed by atoms with Crippen LogP contribution < -0.4 is 16.0 Å². The molecule has 0 aliphatic carbocycles. The van der Waals surface area contributed by atoms with Gasteiger partial charge in [-0.25, -0.2) is 4.98 Å². The normalized spacial score (nSPS) is 14.1. The number of hydrogen-bond donors (Lipinski definition) is 2. The fourth-order valence-electron chi connectivity index (χ4n) is 1.74. The van der Waals surface area contributed by atoms with E-state index in [-0.39, 0.29) is 12.1 Å². The van der Waals surface area contributed by atoms with Crippen molar-refractivity contribution in [1.29, 1.82) is 0 Å². The Labute approximate surface area is 121 Å². The molecule has 3 N–H and O–H groups in total.